The van der Waals surface area contributed by atoms with E-state index in [1.807, 2.05) is 0 Å². The highest BCUT2D eigenvalue weighted by Crippen LogP contribution is 2.36. The Hall–Kier alpha value is -0.350. The average molecular weight is 313 g/mol. The zero-order chi connectivity index (χ0) is 13.4. The van der Waals surface area contributed by atoms with E-state index in [1.165, 1.54) is 0 Å². The molecule has 0 heterocycles. The predicted octanol–water partition coefficient (Wildman–Crippen LogP) is 3.06. The van der Waals surface area contributed by atoms with Crippen molar-refractivity contribution in [3.8, 4) is 0 Å². The summed E-state index contributed by atoms with van der Waals surface area (Å²) in [5.41, 5.74) is -6.02. The molecule has 0 rings (SSSR count). The lowest BCUT2D eigenvalue weighted by Gasteiger charge is -2.14. The Balaban J connectivity index is 5.36. The average Bonchev–Trinajstić information content (AvgIpc) is 1.95. The first kappa shape index (κ1) is 15.7. The van der Waals surface area contributed by atoms with Gasteiger partial charge in [-0.15, -0.1) is 0 Å². The molecule has 0 radical (unpaired) electrons. The van der Waals surface area contributed by atoms with Crippen molar-refractivity contribution in [2.45, 2.75) is 11.7 Å². The van der Waals surface area contributed by atoms with Crippen LogP contribution in [0.5, 0.6) is 0 Å². The van der Waals surface area contributed by atoms with Crippen LogP contribution >= 0.6 is 23.2 Å². The number of alkyl halides is 6. The summed E-state index contributed by atoms with van der Waals surface area (Å²) in [6.45, 7) is 0. The Morgan fingerprint density at radius 3 is 1.56 bits per heavy atom. The zero-order valence-electron chi connectivity index (χ0n) is 6.66. The first-order valence-corrected chi connectivity index (χ1v) is 5.08. The fourth-order valence-corrected chi connectivity index (χ4v) is 1.22. The Labute approximate surface area is 94.7 Å². The van der Waals surface area contributed by atoms with Crippen molar-refractivity contribution >= 4 is 33.3 Å². The molecule has 0 aliphatic rings. The first-order valence-electron chi connectivity index (χ1n) is 2.92. The van der Waals surface area contributed by atoms with Crippen LogP contribution in [0.4, 0.5) is 26.3 Å². The summed E-state index contributed by atoms with van der Waals surface area (Å²) in [6.07, 6.45) is -5.57. The third kappa shape index (κ3) is 3.91. The van der Waals surface area contributed by atoms with Crippen molar-refractivity contribution in [1.82, 2.24) is 0 Å². The molecule has 0 atom stereocenters. The van der Waals surface area contributed by atoms with Gasteiger partial charge in [-0.05, 0) is 0 Å². The second kappa shape index (κ2) is 4.49. The predicted molar refractivity (Wildman–Crippen MR) is 40.8 cm³/mol. The quantitative estimate of drug-likeness (QED) is 0.341. The molecule has 0 aromatic rings. The van der Waals surface area contributed by atoms with E-state index in [0.29, 0.717) is 0 Å². The molecule has 0 fully saturated rings. The van der Waals surface area contributed by atoms with Crippen molar-refractivity contribution in [3.05, 3.63) is 10.3 Å². The molecule has 0 aliphatic carbocycles. The standard InChI is InChI=1S/C4Cl2F6O3S/c5-2(6)1(3(7,8)9)15-16(13,14)4(10,11)12. The lowest BCUT2D eigenvalue weighted by molar-refractivity contribution is -0.119. The molecule has 12 heteroatoms. The van der Waals surface area contributed by atoms with E-state index in [-0.39, 0.29) is 0 Å². The molecule has 0 N–H and O–H groups in total. The molecule has 3 nitrogen and oxygen atoms in total. The minimum Gasteiger partial charge on any atom is -0.368 e. The van der Waals surface area contributed by atoms with Crippen LogP contribution in [0.1, 0.15) is 0 Å². The van der Waals surface area contributed by atoms with E-state index < -0.39 is 32.1 Å². The molecule has 16 heavy (non-hydrogen) atoms. The van der Waals surface area contributed by atoms with Crippen LogP contribution in [0.15, 0.2) is 10.3 Å². The molecule has 0 unspecified atom stereocenters. The molecule has 0 aliphatic heterocycles. The summed E-state index contributed by atoms with van der Waals surface area (Å²) < 4.78 is 92.1. The molecule has 0 aromatic heterocycles. The Morgan fingerprint density at radius 1 is 1.00 bits per heavy atom. The molecule has 96 valence electrons. The van der Waals surface area contributed by atoms with Gasteiger partial charge in [0.2, 0.25) is 0 Å². The normalized spacial score (nSPS) is 13.5. The van der Waals surface area contributed by atoms with Gasteiger partial charge in [-0.2, -0.15) is 34.8 Å². The van der Waals surface area contributed by atoms with Crippen molar-refractivity contribution in [3.63, 3.8) is 0 Å². The third-order valence-electron chi connectivity index (χ3n) is 0.906. The van der Waals surface area contributed by atoms with Crippen molar-refractivity contribution in [2.24, 2.45) is 0 Å². The molecule has 0 saturated heterocycles. The van der Waals surface area contributed by atoms with Crippen LogP contribution in [-0.2, 0) is 14.3 Å². The number of hydrogen-bond donors (Lipinski definition) is 0. The number of hydrogen-bond acceptors (Lipinski definition) is 3. The van der Waals surface area contributed by atoms with Gasteiger partial charge in [-0.1, -0.05) is 23.2 Å². The fourth-order valence-electron chi connectivity index (χ4n) is 0.343. The summed E-state index contributed by atoms with van der Waals surface area (Å²) in [5.74, 6) is -2.66. The molecular formula is C4Cl2F6O3S. The van der Waals surface area contributed by atoms with Gasteiger partial charge in [0.1, 0.15) is 0 Å². The minimum atomic E-state index is -6.47. The third-order valence-corrected chi connectivity index (χ3v) is 2.20. The van der Waals surface area contributed by atoms with Gasteiger partial charge in [0.15, 0.2) is 4.49 Å². The van der Waals surface area contributed by atoms with Gasteiger partial charge in [0, 0.05) is 0 Å². The van der Waals surface area contributed by atoms with Gasteiger partial charge < -0.3 is 4.18 Å². The molecule has 0 bridgehead atoms. The van der Waals surface area contributed by atoms with Crippen molar-refractivity contribution in [1.29, 1.82) is 0 Å². The zero-order valence-corrected chi connectivity index (χ0v) is 8.99. The second-order valence-corrected chi connectivity index (χ2v) is 4.56. The monoisotopic (exact) mass is 312 g/mol. The lowest BCUT2D eigenvalue weighted by Crippen LogP contribution is -2.29. The van der Waals surface area contributed by atoms with Crippen LogP contribution in [0.25, 0.3) is 0 Å². The van der Waals surface area contributed by atoms with Crippen LogP contribution in [0.2, 0.25) is 0 Å². The Morgan fingerprint density at radius 2 is 1.38 bits per heavy atom. The highest BCUT2D eigenvalue weighted by atomic mass is 35.5. The van der Waals surface area contributed by atoms with Crippen molar-refractivity contribution in [2.75, 3.05) is 0 Å². The van der Waals surface area contributed by atoms with Crippen LogP contribution in [0, 0.1) is 0 Å². The number of rotatable bonds is 2. The second-order valence-electron chi connectivity index (χ2n) is 2.07. The highest BCUT2D eigenvalue weighted by molar-refractivity contribution is 7.87. The summed E-state index contributed by atoms with van der Waals surface area (Å²) in [6, 6.07) is 0. The van der Waals surface area contributed by atoms with E-state index in [4.69, 9.17) is 0 Å². The van der Waals surface area contributed by atoms with E-state index in [0.717, 1.165) is 0 Å². The maximum atomic E-state index is 11.9. The highest BCUT2D eigenvalue weighted by Gasteiger charge is 2.52. The summed E-state index contributed by atoms with van der Waals surface area (Å²) in [5, 5.41) is 0. The lowest BCUT2D eigenvalue weighted by atomic mass is 10.6. The maximum Gasteiger partial charge on any atom is 0.534 e. The van der Waals surface area contributed by atoms with E-state index >= 15 is 0 Å². The van der Waals surface area contributed by atoms with Gasteiger partial charge in [0.05, 0.1) is 0 Å². The maximum absolute atomic E-state index is 11.9. The first-order chi connectivity index (χ1) is 6.79. The van der Waals surface area contributed by atoms with Crippen LogP contribution in [-0.4, -0.2) is 20.1 Å². The summed E-state index contributed by atoms with van der Waals surface area (Å²) in [7, 11) is -6.47. The van der Waals surface area contributed by atoms with E-state index in [9.17, 15) is 34.8 Å². The molecule has 0 saturated carbocycles. The van der Waals surface area contributed by atoms with Gasteiger partial charge in [0.25, 0.3) is 5.76 Å². The van der Waals surface area contributed by atoms with E-state index in [1.54, 1.807) is 0 Å². The number of halogens is 8. The minimum absolute atomic E-state index is 1.79. The topological polar surface area (TPSA) is 43.4 Å². The van der Waals surface area contributed by atoms with Crippen molar-refractivity contribution < 1.29 is 38.9 Å². The van der Waals surface area contributed by atoms with Gasteiger partial charge in [-0.3, -0.25) is 0 Å². The van der Waals surface area contributed by atoms with E-state index in [2.05, 4.69) is 27.4 Å². The molecular weight excluding hydrogens is 313 g/mol. The van der Waals surface area contributed by atoms with Gasteiger partial charge in [-0.25, -0.2) is 0 Å². The molecule has 0 spiro atoms. The molecule has 0 aromatic carbocycles. The number of allylic oxidation sites excluding steroid dienone is 1. The largest absolute Gasteiger partial charge is 0.534 e. The summed E-state index contributed by atoms with van der Waals surface area (Å²) in [4.78, 5) is 0. The van der Waals surface area contributed by atoms with Crippen LogP contribution in [0.3, 0.4) is 0 Å². The Kier molecular flexibility index (Phi) is 4.39. The van der Waals surface area contributed by atoms with Crippen LogP contribution < -0.4 is 0 Å². The fraction of sp³-hybridized carbons (Fsp3) is 0.500. The summed E-state index contributed by atoms with van der Waals surface area (Å²) >= 11 is 9.11. The van der Waals surface area contributed by atoms with Gasteiger partial charge >= 0.3 is 21.8 Å². The molecule has 0 amide bonds. The SMILES string of the molecule is O=S(=O)(OC(=C(Cl)Cl)C(F)(F)F)C(F)(F)F. The smallest absolute Gasteiger partial charge is 0.368 e. The Bertz CT molecular complexity index is 389.